The molecule has 1 heterocycles. The first kappa shape index (κ1) is 21.7. The Morgan fingerprint density at radius 2 is 1.90 bits per heavy atom. The molecule has 0 aliphatic carbocycles. The van der Waals surface area contributed by atoms with Crippen molar-refractivity contribution in [1.29, 1.82) is 0 Å². The van der Waals surface area contributed by atoms with E-state index in [0.717, 1.165) is 10.6 Å². The number of para-hydroxylation sites is 1. The van der Waals surface area contributed by atoms with Gasteiger partial charge < -0.3 is 10.2 Å². The molecule has 0 aliphatic heterocycles. The molecule has 156 valence electrons. The first-order chi connectivity index (χ1) is 14.3. The lowest BCUT2D eigenvalue weighted by Gasteiger charge is -2.21. The van der Waals surface area contributed by atoms with Crippen molar-refractivity contribution in [3.8, 4) is 0 Å². The van der Waals surface area contributed by atoms with Crippen molar-refractivity contribution in [3.05, 3.63) is 68.9 Å². The number of hydrogen-bond donors (Lipinski definition) is 1. The fourth-order valence-electron chi connectivity index (χ4n) is 2.84. The Balaban J connectivity index is 1.73. The third-order valence-corrected chi connectivity index (χ3v) is 5.02. The van der Waals surface area contributed by atoms with Crippen molar-refractivity contribution in [2.45, 2.75) is 13.5 Å². The Bertz CT molecular complexity index is 1160. The van der Waals surface area contributed by atoms with Crippen LogP contribution in [0.15, 0.2) is 47.5 Å². The molecule has 0 saturated heterocycles. The van der Waals surface area contributed by atoms with Gasteiger partial charge in [-0.2, -0.15) is 0 Å². The highest BCUT2D eigenvalue weighted by Gasteiger charge is 2.19. The van der Waals surface area contributed by atoms with Crippen molar-refractivity contribution >= 4 is 51.6 Å². The maximum atomic E-state index is 13.5. The first-order valence-electron chi connectivity index (χ1n) is 8.96. The molecule has 0 radical (unpaired) electrons. The molecule has 10 heteroatoms. The summed E-state index contributed by atoms with van der Waals surface area (Å²) >= 11 is 12.1. The first-order valence-corrected chi connectivity index (χ1v) is 9.72. The summed E-state index contributed by atoms with van der Waals surface area (Å²) in [5.74, 6) is -1.54. The molecule has 7 nitrogen and oxygen atoms in total. The molecule has 1 N–H and O–H groups in total. The van der Waals surface area contributed by atoms with Gasteiger partial charge >= 0.3 is 0 Å². The number of hydrogen-bond acceptors (Lipinski definition) is 4. The molecular formula is C20H17Cl2FN4O3. The monoisotopic (exact) mass is 450 g/mol. The van der Waals surface area contributed by atoms with E-state index in [-0.39, 0.29) is 40.8 Å². The maximum Gasteiger partial charge on any atom is 0.261 e. The molecule has 2 amide bonds. The summed E-state index contributed by atoms with van der Waals surface area (Å²) in [5, 5.41) is 3.19. The molecule has 0 atom stereocenters. The molecule has 3 rings (SSSR count). The maximum absolute atomic E-state index is 13.5. The van der Waals surface area contributed by atoms with Crippen LogP contribution in [0.4, 0.5) is 10.1 Å². The van der Waals surface area contributed by atoms with E-state index < -0.39 is 23.2 Å². The lowest BCUT2D eigenvalue weighted by molar-refractivity contribution is -0.135. The summed E-state index contributed by atoms with van der Waals surface area (Å²) in [7, 11) is 0. The minimum Gasteiger partial charge on any atom is -0.332 e. The van der Waals surface area contributed by atoms with Crippen LogP contribution < -0.4 is 10.9 Å². The minimum atomic E-state index is -0.574. The van der Waals surface area contributed by atoms with Crippen molar-refractivity contribution in [1.82, 2.24) is 14.5 Å². The Kier molecular flexibility index (Phi) is 6.69. The van der Waals surface area contributed by atoms with Gasteiger partial charge in [-0.1, -0.05) is 29.3 Å². The second-order valence-electron chi connectivity index (χ2n) is 6.39. The zero-order chi connectivity index (χ0) is 21.8. The number of fused-ring (bicyclic) bond motifs is 1. The zero-order valence-electron chi connectivity index (χ0n) is 15.9. The second kappa shape index (κ2) is 9.23. The smallest absolute Gasteiger partial charge is 0.261 e. The Morgan fingerprint density at radius 1 is 1.20 bits per heavy atom. The summed E-state index contributed by atoms with van der Waals surface area (Å²) in [6, 6.07) is 8.46. The summed E-state index contributed by atoms with van der Waals surface area (Å²) in [4.78, 5) is 42.9. The second-order valence-corrected chi connectivity index (χ2v) is 7.21. The van der Waals surface area contributed by atoms with Crippen LogP contribution in [0.25, 0.3) is 10.9 Å². The van der Waals surface area contributed by atoms with E-state index in [2.05, 4.69) is 10.3 Å². The molecule has 0 aliphatic rings. The van der Waals surface area contributed by atoms with Crippen molar-refractivity contribution in [2.24, 2.45) is 0 Å². The molecule has 0 fully saturated rings. The highest BCUT2D eigenvalue weighted by molar-refractivity contribution is 6.39. The molecule has 0 bridgehead atoms. The van der Waals surface area contributed by atoms with E-state index >= 15 is 0 Å². The van der Waals surface area contributed by atoms with Gasteiger partial charge in [-0.25, -0.2) is 9.37 Å². The normalized spacial score (nSPS) is 10.8. The summed E-state index contributed by atoms with van der Waals surface area (Å²) in [5.41, 5.74) is 0.0379. The Hall–Kier alpha value is -2.97. The van der Waals surface area contributed by atoms with Crippen LogP contribution in [0.3, 0.4) is 0 Å². The molecule has 1 aromatic heterocycles. The van der Waals surface area contributed by atoms with E-state index in [1.807, 2.05) is 0 Å². The number of nitrogens with zero attached hydrogens (tertiary/aromatic N) is 3. The lowest BCUT2D eigenvalue weighted by Crippen LogP contribution is -2.41. The van der Waals surface area contributed by atoms with Gasteiger partial charge in [0.25, 0.3) is 5.56 Å². The number of aromatic nitrogens is 2. The number of amides is 2. The average molecular weight is 451 g/mol. The van der Waals surface area contributed by atoms with Crippen LogP contribution in [0.2, 0.25) is 10.0 Å². The van der Waals surface area contributed by atoms with Crippen molar-refractivity contribution in [3.63, 3.8) is 0 Å². The summed E-state index contributed by atoms with van der Waals surface area (Å²) in [6.07, 6.45) is 1.22. The van der Waals surface area contributed by atoms with E-state index in [1.54, 1.807) is 25.1 Å². The summed E-state index contributed by atoms with van der Waals surface area (Å²) in [6.45, 7) is 1.32. The van der Waals surface area contributed by atoms with Crippen LogP contribution in [0.5, 0.6) is 0 Å². The number of halogens is 3. The fraction of sp³-hybridized carbons (Fsp3) is 0.200. The third-order valence-electron chi connectivity index (χ3n) is 4.39. The van der Waals surface area contributed by atoms with Gasteiger partial charge in [0.1, 0.15) is 12.4 Å². The van der Waals surface area contributed by atoms with Crippen LogP contribution >= 0.6 is 23.2 Å². The highest BCUT2D eigenvalue weighted by Crippen LogP contribution is 2.29. The van der Waals surface area contributed by atoms with Crippen molar-refractivity contribution in [2.75, 3.05) is 18.4 Å². The fourth-order valence-corrected chi connectivity index (χ4v) is 3.33. The number of anilines is 1. The van der Waals surface area contributed by atoms with Gasteiger partial charge in [-0.3, -0.25) is 19.0 Å². The van der Waals surface area contributed by atoms with Gasteiger partial charge in [-0.15, -0.1) is 0 Å². The van der Waals surface area contributed by atoms with Gasteiger partial charge in [0, 0.05) is 6.54 Å². The molecule has 0 spiro atoms. The van der Waals surface area contributed by atoms with Crippen LogP contribution in [0, 0.1) is 5.82 Å². The number of carbonyl (C=O) groups excluding carboxylic acids is 2. The van der Waals surface area contributed by atoms with Crippen LogP contribution in [0.1, 0.15) is 6.92 Å². The van der Waals surface area contributed by atoms with Gasteiger partial charge in [-0.05, 0) is 37.3 Å². The van der Waals surface area contributed by atoms with E-state index in [4.69, 9.17) is 23.2 Å². The number of nitrogens with one attached hydrogen (secondary N) is 1. The minimum absolute atomic E-state index is 0.0689. The SMILES string of the molecule is CCN(CC(=O)Nc1c(Cl)cccc1Cl)C(=O)Cn1cnc2ccc(F)cc2c1=O. The largest absolute Gasteiger partial charge is 0.332 e. The molecule has 0 saturated carbocycles. The Morgan fingerprint density at radius 3 is 2.57 bits per heavy atom. The van der Waals surface area contributed by atoms with Gasteiger partial charge in [0.05, 0.1) is 39.5 Å². The quantitative estimate of drug-likeness (QED) is 0.623. The molecule has 2 aromatic carbocycles. The Labute approximate surface area is 181 Å². The number of likely N-dealkylation sites (N-methyl/N-ethyl adjacent to an activating group) is 1. The van der Waals surface area contributed by atoms with Crippen molar-refractivity contribution < 1.29 is 14.0 Å². The zero-order valence-corrected chi connectivity index (χ0v) is 17.4. The summed E-state index contributed by atoms with van der Waals surface area (Å²) < 4.78 is 14.5. The van der Waals surface area contributed by atoms with E-state index in [0.29, 0.717) is 5.52 Å². The van der Waals surface area contributed by atoms with Gasteiger partial charge in [0.15, 0.2) is 0 Å². The van der Waals surface area contributed by atoms with E-state index in [1.165, 1.54) is 23.4 Å². The number of carbonyl (C=O) groups is 2. The van der Waals surface area contributed by atoms with Crippen LogP contribution in [-0.4, -0.2) is 39.4 Å². The van der Waals surface area contributed by atoms with Crippen LogP contribution in [-0.2, 0) is 16.1 Å². The predicted molar refractivity (Wildman–Crippen MR) is 113 cm³/mol. The predicted octanol–water partition coefficient (Wildman–Crippen LogP) is 3.33. The number of rotatable bonds is 6. The topological polar surface area (TPSA) is 84.3 Å². The third kappa shape index (κ3) is 4.77. The average Bonchev–Trinajstić information content (AvgIpc) is 2.71. The lowest BCUT2D eigenvalue weighted by atomic mass is 10.2. The highest BCUT2D eigenvalue weighted by atomic mass is 35.5. The molecule has 0 unspecified atom stereocenters. The molecule has 3 aromatic rings. The van der Waals surface area contributed by atoms with Gasteiger partial charge in [0.2, 0.25) is 11.8 Å². The molecular weight excluding hydrogens is 434 g/mol. The van der Waals surface area contributed by atoms with E-state index in [9.17, 15) is 18.8 Å². The molecule has 30 heavy (non-hydrogen) atoms. The standard InChI is InChI=1S/C20H17Cl2FN4O3/c1-2-26(9-17(28)25-19-14(21)4-3-5-15(19)22)18(29)10-27-11-24-16-7-6-12(23)8-13(16)20(27)30/h3-8,11H,2,9-10H2,1H3,(H,25,28). The number of benzene rings is 2.